The number of nitrogens with zero attached hydrogens (tertiary/aromatic N) is 3. The number of amides is 1. The molecule has 5 nitrogen and oxygen atoms in total. The quantitative estimate of drug-likeness (QED) is 0.765. The Kier molecular flexibility index (Phi) is 4.98. The molecular weight excluding hydrogens is 204 g/mol. The van der Waals surface area contributed by atoms with Crippen LogP contribution in [0, 0.1) is 0 Å². The van der Waals surface area contributed by atoms with Crippen molar-refractivity contribution in [2.45, 2.75) is 13.8 Å². The number of aryl methyl sites for hydroxylation is 1. The SMILES string of the molecule is CCN(CC)CCNC(=O)c1ccn(C)n1. The van der Waals surface area contributed by atoms with Gasteiger partial charge >= 0.3 is 0 Å². The van der Waals surface area contributed by atoms with Crippen LogP contribution < -0.4 is 5.32 Å². The number of aromatic nitrogens is 2. The van der Waals surface area contributed by atoms with Gasteiger partial charge in [-0.1, -0.05) is 13.8 Å². The second kappa shape index (κ2) is 6.27. The molecule has 1 amide bonds. The minimum absolute atomic E-state index is 0.104. The average molecular weight is 224 g/mol. The molecule has 0 spiro atoms. The second-order valence-electron chi connectivity index (χ2n) is 3.66. The predicted molar refractivity (Wildman–Crippen MR) is 63.3 cm³/mol. The number of nitrogens with one attached hydrogen (secondary N) is 1. The Morgan fingerprint density at radius 2 is 2.19 bits per heavy atom. The van der Waals surface area contributed by atoms with Crippen molar-refractivity contribution in [3.05, 3.63) is 18.0 Å². The lowest BCUT2D eigenvalue weighted by Crippen LogP contribution is -2.34. The van der Waals surface area contributed by atoms with E-state index in [2.05, 4.69) is 29.2 Å². The van der Waals surface area contributed by atoms with Crippen molar-refractivity contribution in [2.24, 2.45) is 7.05 Å². The van der Waals surface area contributed by atoms with Gasteiger partial charge in [0, 0.05) is 26.3 Å². The minimum atomic E-state index is -0.104. The molecule has 1 N–H and O–H groups in total. The van der Waals surface area contributed by atoms with Crippen LogP contribution in [0.25, 0.3) is 0 Å². The zero-order valence-corrected chi connectivity index (χ0v) is 10.2. The third-order valence-corrected chi connectivity index (χ3v) is 2.55. The summed E-state index contributed by atoms with van der Waals surface area (Å²) in [5.41, 5.74) is 0.474. The first-order chi connectivity index (χ1) is 7.67. The van der Waals surface area contributed by atoms with Crippen LogP contribution in [0.4, 0.5) is 0 Å². The van der Waals surface area contributed by atoms with Gasteiger partial charge in [-0.3, -0.25) is 9.48 Å². The standard InChI is InChI=1S/C11H20N4O/c1-4-15(5-2)9-7-12-11(16)10-6-8-14(3)13-10/h6,8H,4-5,7,9H2,1-3H3,(H,12,16). The Hall–Kier alpha value is -1.36. The summed E-state index contributed by atoms with van der Waals surface area (Å²) < 4.78 is 1.62. The largest absolute Gasteiger partial charge is 0.349 e. The number of carbonyl (C=O) groups excluding carboxylic acids is 1. The molecule has 1 heterocycles. The fourth-order valence-corrected chi connectivity index (χ4v) is 1.49. The van der Waals surface area contributed by atoms with Crippen LogP contribution >= 0.6 is 0 Å². The van der Waals surface area contributed by atoms with Crippen molar-refractivity contribution in [3.63, 3.8) is 0 Å². The zero-order chi connectivity index (χ0) is 12.0. The van der Waals surface area contributed by atoms with E-state index in [4.69, 9.17) is 0 Å². The van der Waals surface area contributed by atoms with Gasteiger partial charge in [0.2, 0.25) is 0 Å². The number of rotatable bonds is 6. The molecule has 0 aliphatic rings. The first-order valence-electron chi connectivity index (χ1n) is 5.67. The normalized spacial score (nSPS) is 10.8. The van der Waals surface area contributed by atoms with E-state index in [0.717, 1.165) is 19.6 Å². The summed E-state index contributed by atoms with van der Waals surface area (Å²) in [6, 6.07) is 1.72. The zero-order valence-electron chi connectivity index (χ0n) is 10.2. The molecular formula is C11H20N4O. The van der Waals surface area contributed by atoms with Crippen LogP contribution in [0.5, 0.6) is 0 Å². The number of hydrogen-bond acceptors (Lipinski definition) is 3. The lowest BCUT2D eigenvalue weighted by molar-refractivity contribution is 0.0943. The van der Waals surface area contributed by atoms with Crippen molar-refractivity contribution in [3.8, 4) is 0 Å². The lowest BCUT2D eigenvalue weighted by Gasteiger charge is -2.17. The average Bonchev–Trinajstić information content (AvgIpc) is 2.71. The van der Waals surface area contributed by atoms with Crippen molar-refractivity contribution in [2.75, 3.05) is 26.2 Å². The molecule has 0 radical (unpaired) electrons. The molecule has 0 bridgehead atoms. The van der Waals surface area contributed by atoms with Gasteiger partial charge in [-0.05, 0) is 19.2 Å². The molecule has 5 heteroatoms. The number of likely N-dealkylation sites (N-methyl/N-ethyl adjacent to an activating group) is 1. The number of carbonyl (C=O) groups is 1. The van der Waals surface area contributed by atoms with E-state index in [1.807, 2.05) is 0 Å². The van der Waals surface area contributed by atoms with Gasteiger partial charge in [0.25, 0.3) is 5.91 Å². The Morgan fingerprint density at radius 1 is 1.50 bits per heavy atom. The van der Waals surface area contributed by atoms with Crippen LogP contribution in [-0.4, -0.2) is 46.8 Å². The van der Waals surface area contributed by atoms with E-state index in [1.54, 1.807) is 24.0 Å². The summed E-state index contributed by atoms with van der Waals surface area (Å²) in [5, 5.41) is 6.89. The smallest absolute Gasteiger partial charge is 0.271 e. The fraction of sp³-hybridized carbons (Fsp3) is 0.636. The van der Waals surface area contributed by atoms with Crippen LogP contribution in [0.1, 0.15) is 24.3 Å². The van der Waals surface area contributed by atoms with Gasteiger partial charge in [0.1, 0.15) is 5.69 Å². The van der Waals surface area contributed by atoms with E-state index in [1.165, 1.54) is 0 Å². The first-order valence-corrected chi connectivity index (χ1v) is 5.67. The molecule has 0 unspecified atom stereocenters. The third kappa shape index (κ3) is 3.66. The molecule has 0 aliphatic heterocycles. The van der Waals surface area contributed by atoms with Crippen molar-refractivity contribution in [1.82, 2.24) is 20.0 Å². The highest BCUT2D eigenvalue weighted by Crippen LogP contribution is 1.93. The molecule has 90 valence electrons. The maximum absolute atomic E-state index is 11.6. The molecule has 0 atom stereocenters. The predicted octanol–water partition coefficient (Wildman–Crippen LogP) is 0.492. The topological polar surface area (TPSA) is 50.2 Å². The molecule has 1 aromatic heterocycles. The van der Waals surface area contributed by atoms with E-state index in [9.17, 15) is 4.79 Å². The minimum Gasteiger partial charge on any atom is -0.349 e. The van der Waals surface area contributed by atoms with Gasteiger partial charge in [-0.2, -0.15) is 5.10 Å². The van der Waals surface area contributed by atoms with Crippen LogP contribution in [0.2, 0.25) is 0 Å². The Morgan fingerprint density at radius 3 is 2.69 bits per heavy atom. The van der Waals surface area contributed by atoms with Crippen LogP contribution in [-0.2, 0) is 7.05 Å². The van der Waals surface area contributed by atoms with Crippen LogP contribution in [0.3, 0.4) is 0 Å². The summed E-state index contributed by atoms with van der Waals surface area (Å²) >= 11 is 0. The molecule has 0 aromatic carbocycles. The van der Waals surface area contributed by atoms with Gasteiger partial charge in [-0.15, -0.1) is 0 Å². The highest BCUT2D eigenvalue weighted by atomic mass is 16.1. The van der Waals surface area contributed by atoms with Crippen molar-refractivity contribution in [1.29, 1.82) is 0 Å². The van der Waals surface area contributed by atoms with Crippen molar-refractivity contribution >= 4 is 5.91 Å². The van der Waals surface area contributed by atoms with Crippen LogP contribution in [0.15, 0.2) is 12.3 Å². The Labute approximate surface area is 96.4 Å². The molecule has 1 rings (SSSR count). The molecule has 1 aromatic rings. The lowest BCUT2D eigenvalue weighted by atomic mass is 10.4. The summed E-state index contributed by atoms with van der Waals surface area (Å²) in [5.74, 6) is -0.104. The van der Waals surface area contributed by atoms with Gasteiger partial charge in [0.15, 0.2) is 0 Å². The monoisotopic (exact) mass is 224 g/mol. The van der Waals surface area contributed by atoms with Gasteiger partial charge in [0.05, 0.1) is 0 Å². The Bertz CT molecular complexity index is 330. The van der Waals surface area contributed by atoms with Gasteiger partial charge in [-0.25, -0.2) is 0 Å². The second-order valence-corrected chi connectivity index (χ2v) is 3.66. The Balaban J connectivity index is 2.30. The molecule has 0 fully saturated rings. The summed E-state index contributed by atoms with van der Waals surface area (Å²) in [4.78, 5) is 13.9. The maximum atomic E-state index is 11.6. The molecule has 0 aliphatic carbocycles. The maximum Gasteiger partial charge on any atom is 0.271 e. The van der Waals surface area contributed by atoms with Gasteiger partial charge < -0.3 is 10.2 Å². The summed E-state index contributed by atoms with van der Waals surface area (Å²) in [6.45, 7) is 7.79. The van der Waals surface area contributed by atoms with E-state index in [-0.39, 0.29) is 5.91 Å². The number of hydrogen-bond donors (Lipinski definition) is 1. The third-order valence-electron chi connectivity index (χ3n) is 2.55. The van der Waals surface area contributed by atoms with Crippen molar-refractivity contribution < 1.29 is 4.79 Å². The molecule has 0 saturated heterocycles. The first kappa shape index (κ1) is 12.7. The molecule has 0 saturated carbocycles. The molecule has 16 heavy (non-hydrogen) atoms. The summed E-state index contributed by atoms with van der Waals surface area (Å²) in [6.07, 6.45) is 1.76. The highest BCUT2D eigenvalue weighted by Gasteiger charge is 2.08. The van der Waals surface area contributed by atoms with E-state index < -0.39 is 0 Å². The van der Waals surface area contributed by atoms with E-state index >= 15 is 0 Å². The highest BCUT2D eigenvalue weighted by molar-refractivity contribution is 5.92. The summed E-state index contributed by atoms with van der Waals surface area (Å²) in [7, 11) is 1.80. The fourth-order valence-electron chi connectivity index (χ4n) is 1.49. The van der Waals surface area contributed by atoms with E-state index in [0.29, 0.717) is 12.2 Å².